The molecule has 0 amide bonds. The van der Waals surface area contributed by atoms with Crippen LogP contribution in [0.4, 0.5) is 4.39 Å². The van der Waals surface area contributed by atoms with Crippen molar-refractivity contribution in [1.29, 1.82) is 0 Å². The van der Waals surface area contributed by atoms with E-state index in [1.54, 1.807) is 0 Å². The predicted octanol–water partition coefficient (Wildman–Crippen LogP) is 10.7. The summed E-state index contributed by atoms with van der Waals surface area (Å²) in [5.74, 6) is -0.193. The summed E-state index contributed by atoms with van der Waals surface area (Å²) in [6.07, 6.45) is 5.00. The third-order valence-corrected chi connectivity index (χ3v) is 8.14. The number of halogens is 1. The Morgan fingerprint density at radius 3 is 1.64 bits per heavy atom. The van der Waals surface area contributed by atoms with Crippen LogP contribution in [0.2, 0.25) is 0 Å². The van der Waals surface area contributed by atoms with Gasteiger partial charge in [0, 0.05) is 0 Å². The van der Waals surface area contributed by atoms with Crippen molar-refractivity contribution in [3.8, 4) is 11.1 Å². The molecule has 0 spiro atoms. The van der Waals surface area contributed by atoms with Gasteiger partial charge in [0.25, 0.3) is 0 Å². The lowest BCUT2D eigenvalue weighted by Gasteiger charge is -2.19. The van der Waals surface area contributed by atoms with E-state index in [0.717, 1.165) is 11.1 Å². The van der Waals surface area contributed by atoms with Gasteiger partial charge in [-0.15, -0.1) is 0 Å². The Bertz CT molecular complexity index is 1860. The highest BCUT2D eigenvalue weighted by Gasteiger charge is 2.14. The van der Waals surface area contributed by atoms with Crippen LogP contribution in [0, 0.1) is 5.82 Å². The lowest BCUT2D eigenvalue weighted by atomic mass is 9.86. The van der Waals surface area contributed by atoms with Crippen LogP contribution in [-0.4, -0.2) is 0 Å². The second-order valence-corrected chi connectivity index (χ2v) is 10.6. The molecule has 0 fully saturated rings. The van der Waals surface area contributed by atoms with Crippen molar-refractivity contribution in [3.05, 3.63) is 144 Å². The van der Waals surface area contributed by atoms with Gasteiger partial charge in [-0.05, 0) is 121 Å². The number of hydrogen-bond acceptors (Lipinski definition) is 0. The Kier molecular flexibility index (Phi) is 6.06. The number of fused-ring (bicyclic) bond motifs is 7. The third kappa shape index (κ3) is 4.55. The fourth-order valence-corrected chi connectivity index (χ4v) is 6.09. The molecule has 7 aromatic rings. The number of aryl methyl sites for hydroxylation is 2. The van der Waals surface area contributed by atoms with E-state index >= 15 is 0 Å². The van der Waals surface area contributed by atoms with Gasteiger partial charge in [0.05, 0.1) is 0 Å². The van der Waals surface area contributed by atoms with Crippen LogP contribution in [0.25, 0.3) is 54.2 Å². The highest BCUT2D eigenvalue weighted by atomic mass is 19.1. The van der Waals surface area contributed by atoms with Crippen molar-refractivity contribution in [2.75, 3.05) is 0 Å². The van der Waals surface area contributed by atoms with Crippen molar-refractivity contribution in [3.63, 3.8) is 0 Å². The average molecular weight is 505 g/mol. The number of rotatable bonds is 1. The first-order valence-electron chi connectivity index (χ1n) is 13.8. The summed E-state index contributed by atoms with van der Waals surface area (Å²) in [7, 11) is 0. The fourth-order valence-electron chi connectivity index (χ4n) is 6.09. The molecule has 0 atom stereocenters. The second-order valence-electron chi connectivity index (χ2n) is 10.6. The fraction of sp³-hybridized carbons (Fsp3) is 0.105. The summed E-state index contributed by atoms with van der Waals surface area (Å²) in [5, 5.41) is 10.5. The molecule has 188 valence electrons. The normalized spacial score (nSPS) is 12.8. The van der Waals surface area contributed by atoms with Gasteiger partial charge in [0.2, 0.25) is 0 Å². The van der Waals surface area contributed by atoms with Crippen molar-refractivity contribution in [1.82, 2.24) is 0 Å². The van der Waals surface area contributed by atoms with E-state index in [1.807, 2.05) is 12.1 Å². The summed E-state index contributed by atoms with van der Waals surface area (Å²) in [4.78, 5) is 0. The first-order valence-corrected chi connectivity index (χ1v) is 13.8. The van der Waals surface area contributed by atoms with Gasteiger partial charge in [0.1, 0.15) is 5.82 Å². The van der Waals surface area contributed by atoms with Crippen molar-refractivity contribution < 1.29 is 4.39 Å². The molecule has 1 aliphatic rings. The smallest absolute Gasteiger partial charge is 0.123 e. The van der Waals surface area contributed by atoms with Gasteiger partial charge in [-0.25, -0.2) is 4.39 Å². The summed E-state index contributed by atoms with van der Waals surface area (Å²) < 4.78 is 13.2. The minimum absolute atomic E-state index is 0.193. The number of benzene rings is 7. The van der Waals surface area contributed by atoms with Crippen LogP contribution in [0.15, 0.2) is 127 Å². The predicted molar refractivity (Wildman–Crippen MR) is 165 cm³/mol. The molecule has 0 saturated carbocycles. The maximum absolute atomic E-state index is 13.2. The molecule has 0 aromatic heterocycles. The van der Waals surface area contributed by atoms with Crippen molar-refractivity contribution >= 4 is 43.1 Å². The molecule has 0 nitrogen and oxygen atoms in total. The molecule has 0 unspecified atom stereocenters. The van der Waals surface area contributed by atoms with Gasteiger partial charge < -0.3 is 0 Å². The Balaban J connectivity index is 0.000000153. The molecule has 8 rings (SSSR count). The molecular formula is C38H29F. The van der Waals surface area contributed by atoms with Crippen molar-refractivity contribution in [2.24, 2.45) is 0 Å². The Hall–Kier alpha value is -4.49. The maximum Gasteiger partial charge on any atom is 0.123 e. The average Bonchev–Trinajstić information content (AvgIpc) is 3.00. The molecule has 0 heterocycles. The zero-order valence-electron chi connectivity index (χ0n) is 21.8. The largest absolute Gasteiger partial charge is 0.207 e. The van der Waals surface area contributed by atoms with Crippen molar-refractivity contribution in [2.45, 2.75) is 25.7 Å². The van der Waals surface area contributed by atoms with Gasteiger partial charge >= 0.3 is 0 Å². The molecule has 1 aliphatic carbocycles. The quantitative estimate of drug-likeness (QED) is 0.154. The van der Waals surface area contributed by atoms with Crippen LogP contribution >= 0.6 is 0 Å². The molecule has 7 aromatic carbocycles. The Morgan fingerprint density at radius 1 is 0.410 bits per heavy atom. The molecule has 1 heteroatoms. The van der Waals surface area contributed by atoms with Crippen LogP contribution in [-0.2, 0) is 12.8 Å². The second kappa shape index (κ2) is 10.0. The van der Waals surface area contributed by atoms with E-state index in [-0.39, 0.29) is 5.82 Å². The van der Waals surface area contributed by atoms with E-state index in [4.69, 9.17) is 0 Å². The lowest BCUT2D eigenvalue weighted by molar-refractivity contribution is 0.628. The van der Waals surface area contributed by atoms with E-state index in [2.05, 4.69) is 103 Å². The maximum atomic E-state index is 13.2. The van der Waals surface area contributed by atoms with E-state index < -0.39 is 0 Å². The van der Waals surface area contributed by atoms with Gasteiger partial charge in [-0.2, -0.15) is 0 Å². The van der Waals surface area contributed by atoms with E-state index in [1.165, 1.54) is 92.0 Å². The van der Waals surface area contributed by atoms with Gasteiger partial charge in [-0.3, -0.25) is 0 Å². The summed E-state index contributed by atoms with van der Waals surface area (Å²) in [6, 6.07) is 43.9. The number of hydrogen-bond donors (Lipinski definition) is 0. The third-order valence-electron chi connectivity index (χ3n) is 8.14. The molecule has 0 saturated heterocycles. The van der Waals surface area contributed by atoms with Crippen LogP contribution in [0.1, 0.15) is 24.0 Å². The van der Waals surface area contributed by atoms with Gasteiger partial charge in [0.15, 0.2) is 0 Å². The van der Waals surface area contributed by atoms with Crippen LogP contribution in [0.5, 0.6) is 0 Å². The molecule has 0 bridgehead atoms. The molecular weight excluding hydrogens is 475 g/mol. The first-order chi connectivity index (χ1) is 19.2. The molecule has 0 aliphatic heterocycles. The summed E-state index contributed by atoms with van der Waals surface area (Å²) in [5.41, 5.74) is 5.25. The molecule has 39 heavy (non-hydrogen) atoms. The van der Waals surface area contributed by atoms with Crippen LogP contribution < -0.4 is 0 Å². The van der Waals surface area contributed by atoms with Crippen LogP contribution in [0.3, 0.4) is 0 Å². The van der Waals surface area contributed by atoms with Gasteiger partial charge in [-0.1, -0.05) is 97.1 Å². The Morgan fingerprint density at radius 2 is 0.974 bits per heavy atom. The zero-order valence-corrected chi connectivity index (χ0v) is 21.8. The monoisotopic (exact) mass is 504 g/mol. The lowest BCUT2D eigenvalue weighted by Crippen LogP contribution is -2.03. The van der Waals surface area contributed by atoms with E-state index in [9.17, 15) is 4.39 Å². The molecule has 0 N–H and O–H groups in total. The SMILES string of the molecule is Fc1ccc(-c2ccc3ccc4c5c(ccc4c3c2)CCCC5)cc1.c1ccc2cc3ccccc3cc2c1. The Labute approximate surface area is 228 Å². The zero-order chi connectivity index (χ0) is 26.2. The standard InChI is InChI=1S/C24H19F.C14H10/c25-20-11-7-16(8-12-20)19-6-5-18-10-13-22-21-4-2-1-3-17(21)9-14-23(22)24(18)15-19;1-2-6-12-10-14-8-4-3-7-13(14)9-11(12)5-1/h5-15H,1-4H2;1-10H. The highest BCUT2D eigenvalue weighted by Crippen LogP contribution is 2.35. The summed E-state index contributed by atoms with van der Waals surface area (Å²) >= 11 is 0. The topological polar surface area (TPSA) is 0 Å². The minimum Gasteiger partial charge on any atom is -0.207 e. The molecule has 0 radical (unpaired) electrons. The van der Waals surface area contributed by atoms with E-state index in [0.29, 0.717) is 0 Å². The highest BCUT2D eigenvalue weighted by molar-refractivity contribution is 6.10. The minimum atomic E-state index is -0.193. The first kappa shape index (κ1) is 23.6. The summed E-state index contributed by atoms with van der Waals surface area (Å²) in [6.45, 7) is 0.